The van der Waals surface area contributed by atoms with Gasteiger partial charge in [-0.15, -0.1) is 0 Å². The standard InChI is InChI=1S/C28H28FN5O/c29-22-9-4-6-20(18-22)14-16-31-27-25(12-13-26(34-27)21-7-2-1-3-8-21)28(35)32-17-15-23-10-5-11-24(19-30)33-23/h1-13,18H,14-17,19,30H2,(H,31,34)(H,32,35). The highest BCUT2D eigenvalue weighted by atomic mass is 19.1. The number of carbonyl (C=O) groups is 1. The summed E-state index contributed by atoms with van der Waals surface area (Å²) in [6.07, 6.45) is 1.19. The van der Waals surface area contributed by atoms with Crippen molar-refractivity contribution < 1.29 is 9.18 Å². The Morgan fingerprint density at radius 1 is 0.829 bits per heavy atom. The lowest BCUT2D eigenvalue weighted by Gasteiger charge is -2.14. The lowest BCUT2D eigenvalue weighted by atomic mass is 10.1. The minimum atomic E-state index is -0.266. The van der Waals surface area contributed by atoms with Crippen molar-refractivity contribution in [3.63, 3.8) is 0 Å². The van der Waals surface area contributed by atoms with Crippen molar-refractivity contribution >= 4 is 11.7 Å². The van der Waals surface area contributed by atoms with E-state index in [1.165, 1.54) is 12.1 Å². The van der Waals surface area contributed by atoms with E-state index in [-0.39, 0.29) is 11.7 Å². The summed E-state index contributed by atoms with van der Waals surface area (Å²) < 4.78 is 13.5. The Balaban J connectivity index is 1.47. The van der Waals surface area contributed by atoms with Gasteiger partial charge in [-0.1, -0.05) is 48.5 Å². The van der Waals surface area contributed by atoms with Crippen molar-refractivity contribution in [1.29, 1.82) is 0 Å². The van der Waals surface area contributed by atoms with Crippen LogP contribution in [0.4, 0.5) is 10.2 Å². The molecule has 6 nitrogen and oxygen atoms in total. The lowest BCUT2D eigenvalue weighted by Crippen LogP contribution is -2.27. The minimum Gasteiger partial charge on any atom is -0.369 e. The van der Waals surface area contributed by atoms with Crippen LogP contribution < -0.4 is 16.4 Å². The van der Waals surface area contributed by atoms with Crippen LogP contribution >= 0.6 is 0 Å². The number of nitrogens with two attached hydrogens (primary N) is 1. The number of benzene rings is 2. The summed E-state index contributed by atoms with van der Waals surface area (Å²) in [7, 11) is 0. The maximum absolute atomic E-state index is 13.5. The molecule has 178 valence electrons. The first-order valence-corrected chi connectivity index (χ1v) is 11.6. The van der Waals surface area contributed by atoms with Gasteiger partial charge >= 0.3 is 0 Å². The first kappa shape index (κ1) is 24.0. The molecular formula is C28H28FN5O. The Hall–Kier alpha value is -4.10. The topological polar surface area (TPSA) is 92.9 Å². The number of nitrogens with zero attached hydrogens (tertiary/aromatic N) is 2. The molecule has 0 atom stereocenters. The van der Waals surface area contributed by atoms with Crippen LogP contribution in [0.3, 0.4) is 0 Å². The third-order valence-electron chi connectivity index (χ3n) is 5.54. The van der Waals surface area contributed by atoms with Gasteiger partial charge in [-0.2, -0.15) is 0 Å². The maximum Gasteiger partial charge on any atom is 0.255 e. The monoisotopic (exact) mass is 469 g/mol. The van der Waals surface area contributed by atoms with Gasteiger partial charge in [0.05, 0.1) is 17.0 Å². The minimum absolute atomic E-state index is 0.222. The zero-order chi connectivity index (χ0) is 24.5. The number of hydrogen-bond donors (Lipinski definition) is 3. The van der Waals surface area contributed by atoms with Gasteiger partial charge in [-0.25, -0.2) is 9.37 Å². The molecule has 2 heterocycles. The molecule has 0 aliphatic carbocycles. The molecule has 1 amide bonds. The molecule has 4 rings (SSSR count). The number of carbonyl (C=O) groups excluding carboxylic acids is 1. The fraction of sp³-hybridized carbons (Fsp3) is 0.179. The molecule has 0 spiro atoms. The second-order valence-corrected chi connectivity index (χ2v) is 8.10. The number of pyridine rings is 2. The van der Waals surface area contributed by atoms with Crippen molar-refractivity contribution in [2.24, 2.45) is 5.73 Å². The van der Waals surface area contributed by atoms with Crippen LogP contribution in [-0.2, 0) is 19.4 Å². The molecule has 0 aliphatic rings. The molecule has 4 aromatic rings. The fourth-order valence-corrected chi connectivity index (χ4v) is 3.75. The molecule has 2 aromatic carbocycles. The number of halogens is 1. The maximum atomic E-state index is 13.5. The SMILES string of the molecule is NCc1cccc(CCNC(=O)c2ccc(-c3ccccc3)nc2NCCc2cccc(F)c2)n1. The molecule has 0 saturated carbocycles. The van der Waals surface area contributed by atoms with Gasteiger partial charge in [-0.05, 0) is 48.4 Å². The normalized spacial score (nSPS) is 10.7. The van der Waals surface area contributed by atoms with E-state index in [1.807, 2.05) is 60.7 Å². The predicted molar refractivity (Wildman–Crippen MR) is 136 cm³/mol. The molecule has 0 unspecified atom stereocenters. The average Bonchev–Trinajstić information content (AvgIpc) is 2.89. The number of rotatable bonds is 10. The quantitative estimate of drug-likeness (QED) is 0.321. The molecule has 2 aromatic heterocycles. The van der Waals surface area contributed by atoms with Crippen molar-refractivity contribution in [2.45, 2.75) is 19.4 Å². The summed E-state index contributed by atoms with van der Waals surface area (Å²) in [4.78, 5) is 22.2. The molecule has 35 heavy (non-hydrogen) atoms. The summed E-state index contributed by atoms with van der Waals surface area (Å²) in [6.45, 7) is 1.32. The number of hydrogen-bond acceptors (Lipinski definition) is 5. The van der Waals surface area contributed by atoms with Gasteiger partial charge < -0.3 is 16.4 Å². The molecule has 7 heteroatoms. The van der Waals surface area contributed by atoms with E-state index in [2.05, 4.69) is 15.6 Å². The Bertz CT molecular complexity index is 1280. The third-order valence-corrected chi connectivity index (χ3v) is 5.54. The highest BCUT2D eigenvalue weighted by molar-refractivity contribution is 5.99. The van der Waals surface area contributed by atoms with Crippen molar-refractivity contribution in [3.05, 3.63) is 113 Å². The second kappa shape index (κ2) is 11.9. The third kappa shape index (κ3) is 6.71. The van der Waals surface area contributed by atoms with Crippen LogP contribution in [0.5, 0.6) is 0 Å². The van der Waals surface area contributed by atoms with Crippen molar-refractivity contribution in [3.8, 4) is 11.3 Å². The van der Waals surface area contributed by atoms with Crippen LogP contribution in [0, 0.1) is 5.82 Å². The number of aromatic nitrogens is 2. The Morgan fingerprint density at radius 2 is 1.63 bits per heavy atom. The van der Waals surface area contributed by atoms with Gasteiger partial charge in [0.2, 0.25) is 0 Å². The van der Waals surface area contributed by atoms with Crippen LogP contribution in [-0.4, -0.2) is 29.0 Å². The van der Waals surface area contributed by atoms with E-state index in [0.717, 1.165) is 28.2 Å². The summed E-state index contributed by atoms with van der Waals surface area (Å²) in [5, 5.41) is 6.24. The van der Waals surface area contributed by atoms with E-state index in [1.54, 1.807) is 12.1 Å². The van der Waals surface area contributed by atoms with E-state index < -0.39 is 0 Å². The Morgan fingerprint density at radius 3 is 2.43 bits per heavy atom. The first-order valence-electron chi connectivity index (χ1n) is 11.6. The van der Waals surface area contributed by atoms with E-state index in [4.69, 9.17) is 10.7 Å². The molecule has 0 aliphatic heterocycles. The van der Waals surface area contributed by atoms with Crippen LogP contribution in [0.2, 0.25) is 0 Å². The number of amides is 1. The zero-order valence-electron chi connectivity index (χ0n) is 19.4. The molecule has 0 saturated heterocycles. The van der Waals surface area contributed by atoms with Crippen LogP contribution in [0.15, 0.2) is 84.9 Å². The number of anilines is 1. The van der Waals surface area contributed by atoms with Gasteiger partial charge in [-0.3, -0.25) is 9.78 Å². The Labute approximate surface area is 204 Å². The van der Waals surface area contributed by atoms with Crippen LogP contribution in [0.1, 0.15) is 27.3 Å². The lowest BCUT2D eigenvalue weighted by molar-refractivity contribution is 0.0954. The van der Waals surface area contributed by atoms with Gasteiger partial charge in [0.1, 0.15) is 11.6 Å². The van der Waals surface area contributed by atoms with Gasteiger partial charge in [0.25, 0.3) is 5.91 Å². The second-order valence-electron chi connectivity index (χ2n) is 8.10. The van der Waals surface area contributed by atoms with E-state index >= 15 is 0 Å². The average molecular weight is 470 g/mol. The smallest absolute Gasteiger partial charge is 0.255 e. The fourth-order valence-electron chi connectivity index (χ4n) is 3.75. The van der Waals surface area contributed by atoms with E-state index in [9.17, 15) is 9.18 Å². The highest BCUT2D eigenvalue weighted by Crippen LogP contribution is 2.22. The predicted octanol–water partition coefficient (Wildman–Crippen LogP) is 4.37. The largest absolute Gasteiger partial charge is 0.369 e. The molecule has 0 radical (unpaired) electrons. The zero-order valence-corrected chi connectivity index (χ0v) is 19.4. The number of nitrogens with one attached hydrogen (secondary N) is 2. The highest BCUT2D eigenvalue weighted by Gasteiger charge is 2.14. The summed E-state index contributed by atoms with van der Waals surface area (Å²) >= 11 is 0. The van der Waals surface area contributed by atoms with Gasteiger partial charge in [0, 0.05) is 37.3 Å². The van der Waals surface area contributed by atoms with Crippen molar-refractivity contribution in [2.75, 3.05) is 18.4 Å². The molecule has 0 bridgehead atoms. The molecule has 0 fully saturated rings. The van der Waals surface area contributed by atoms with Crippen molar-refractivity contribution in [1.82, 2.24) is 15.3 Å². The van der Waals surface area contributed by atoms with Gasteiger partial charge in [0.15, 0.2) is 0 Å². The molecule has 4 N–H and O–H groups in total. The van der Waals surface area contributed by atoms with E-state index in [0.29, 0.717) is 43.9 Å². The molecular weight excluding hydrogens is 441 g/mol. The Kier molecular flexibility index (Phi) is 8.14. The first-order chi connectivity index (χ1) is 17.1. The van der Waals surface area contributed by atoms with Crippen LogP contribution in [0.25, 0.3) is 11.3 Å². The summed E-state index contributed by atoms with van der Waals surface area (Å²) in [6, 6.07) is 25.6. The summed E-state index contributed by atoms with van der Waals surface area (Å²) in [5.41, 5.74) is 10.4. The summed E-state index contributed by atoms with van der Waals surface area (Å²) in [5.74, 6) is 0.00196.